The molecule has 0 aliphatic heterocycles. The van der Waals surface area contributed by atoms with E-state index in [-0.39, 0.29) is 11.6 Å². The van der Waals surface area contributed by atoms with Gasteiger partial charge in [-0.2, -0.15) is 5.21 Å². The monoisotopic (exact) mass is 492 g/mol. The Balaban J connectivity index is 1.37. The van der Waals surface area contributed by atoms with Gasteiger partial charge in [-0.1, -0.05) is 74.4 Å². The molecule has 0 aliphatic carbocycles. The number of hydrogen-bond acceptors (Lipinski definition) is 7. The maximum atomic E-state index is 12.9. The zero-order chi connectivity index (χ0) is 25.5. The molecule has 0 saturated carbocycles. The summed E-state index contributed by atoms with van der Waals surface area (Å²) in [5.74, 6) is 1.59. The molecule has 3 aromatic heterocycles. The molecule has 37 heavy (non-hydrogen) atoms. The molecule has 0 aliphatic rings. The highest BCUT2D eigenvalue weighted by Gasteiger charge is 2.17. The van der Waals surface area contributed by atoms with Crippen LogP contribution < -0.4 is 0 Å². The maximum absolute atomic E-state index is 12.9. The lowest BCUT2D eigenvalue weighted by Crippen LogP contribution is -2.09. The van der Waals surface area contributed by atoms with Crippen molar-refractivity contribution in [1.29, 1.82) is 0 Å². The molecule has 2 aromatic carbocycles. The van der Waals surface area contributed by atoms with Gasteiger partial charge in [0.15, 0.2) is 0 Å². The number of carbonyl (C=O) groups is 1. The maximum Gasteiger partial charge on any atom is 0.217 e. The molecule has 0 saturated heterocycles. The third-order valence-corrected chi connectivity index (χ3v) is 6.21. The van der Waals surface area contributed by atoms with Crippen molar-refractivity contribution in [2.24, 2.45) is 0 Å². The topological polar surface area (TPSA) is 115 Å². The number of pyridine rings is 1. The lowest BCUT2D eigenvalue weighted by atomic mass is 10.0. The van der Waals surface area contributed by atoms with Crippen molar-refractivity contribution in [3.63, 3.8) is 0 Å². The molecule has 5 aromatic rings. The number of aromatic nitrogens is 8. The number of Topliss-reactive ketones (excluding diaryl/α,β-unsaturated/α-hetero) is 1. The molecular weight excluding hydrogens is 464 g/mol. The summed E-state index contributed by atoms with van der Waals surface area (Å²) in [6.45, 7) is 2.71. The van der Waals surface area contributed by atoms with E-state index in [0.29, 0.717) is 18.8 Å². The predicted octanol–water partition coefficient (Wildman–Crippen LogP) is 4.73. The molecule has 0 unspecified atom stereocenters. The van der Waals surface area contributed by atoms with Crippen LogP contribution in [0.4, 0.5) is 0 Å². The number of H-pyrrole nitrogens is 1. The van der Waals surface area contributed by atoms with Gasteiger partial charge in [-0.15, -0.1) is 15.3 Å². The molecule has 186 valence electrons. The highest BCUT2D eigenvalue weighted by Crippen LogP contribution is 2.29. The second-order valence-electron chi connectivity index (χ2n) is 8.91. The van der Waals surface area contributed by atoms with Gasteiger partial charge in [-0.05, 0) is 34.4 Å². The minimum atomic E-state index is -0.0670. The van der Waals surface area contributed by atoms with Crippen molar-refractivity contribution >= 4 is 5.78 Å². The van der Waals surface area contributed by atoms with Crippen molar-refractivity contribution in [1.82, 2.24) is 40.4 Å². The second-order valence-corrected chi connectivity index (χ2v) is 8.91. The summed E-state index contributed by atoms with van der Waals surface area (Å²) in [5.41, 5.74) is 4.80. The summed E-state index contributed by atoms with van der Waals surface area (Å²) in [6, 6.07) is 19.8. The fraction of sp³-hybridized carbons (Fsp3) is 0.250. The first kappa shape index (κ1) is 24.2. The molecule has 0 radical (unpaired) electrons. The van der Waals surface area contributed by atoms with E-state index in [1.807, 2.05) is 53.2 Å². The Hall–Kier alpha value is -4.53. The lowest BCUT2D eigenvalue weighted by molar-refractivity contribution is 0.0982. The van der Waals surface area contributed by atoms with E-state index in [1.54, 1.807) is 12.4 Å². The van der Waals surface area contributed by atoms with Crippen LogP contribution in [0.3, 0.4) is 0 Å². The minimum absolute atomic E-state index is 0.0670. The van der Waals surface area contributed by atoms with Crippen LogP contribution in [0.25, 0.3) is 22.5 Å². The SMILES string of the molecule is CCCCCc1nc(C(=O)Cc2ccccc2)nn1Cc1ccc(-c2cnccc2-c2nn[nH]n2)cc1. The van der Waals surface area contributed by atoms with Crippen molar-refractivity contribution < 1.29 is 4.79 Å². The first-order valence-electron chi connectivity index (χ1n) is 12.5. The van der Waals surface area contributed by atoms with Crippen LogP contribution in [-0.2, 0) is 19.4 Å². The first-order chi connectivity index (χ1) is 18.2. The number of rotatable bonds is 11. The first-order valence-corrected chi connectivity index (χ1v) is 12.5. The molecule has 5 rings (SSSR count). The second kappa shape index (κ2) is 11.5. The zero-order valence-corrected chi connectivity index (χ0v) is 20.7. The molecule has 9 nitrogen and oxygen atoms in total. The van der Waals surface area contributed by atoms with Gasteiger partial charge < -0.3 is 0 Å². The Kier molecular flexibility index (Phi) is 7.50. The quantitative estimate of drug-likeness (QED) is 0.209. The van der Waals surface area contributed by atoms with Crippen molar-refractivity contribution in [3.05, 3.63) is 95.8 Å². The van der Waals surface area contributed by atoms with Gasteiger partial charge in [0.05, 0.1) is 6.54 Å². The normalized spacial score (nSPS) is 11.1. The van der Waals surface area contributed by atoms with Crippen LogP contribution in [0.2, 0.25) is 0 Å². The molecule has 1 N–H and O–H groups in total. The number of unbranched alkanes of at least 4 members (excludes halogenated alkanes) is 2. The van der Waals surface area contributed by atoms with Crippen molar-refractivity contribution in [3.8, 4) is 22.5 Å². The van der Waals surface area contributed by atoms with Crippen molar-refractivity contribution in [2.45, 2.75) is 45.6 Å². The molecule has 0 bridgehead atoms. The molecule has 0 fully saturated rings. The van der Waals surface area contributed by atoms with Gasteiger partial charge in [0.25, 0.3) is 0 Å². The number of benzene rings is 2. The zero-order valence-electron chi connectivity index (χ0n) is 20.7. The van der Waals surface area contributed by atoms with E-state index in [0.717, 1.165) is 59.3 Å². The summed E-state index contributed by atoms with van der Waals surface area (Å²) in [7, 11) is 0. The third kappa shape index (κ3) is 5.83. The van der Waals surface area contributed by atoms with Crippen LogP contribution in [0.15, 0.2) is 73.1 Å². The summed E-state index contributed by atoms with van der Waals surface area (Å²) < 4.78 is 1.87. The standard InChI is InChI=1S/C28H28N8O/c1-2-3-5-10-26-30-28(25(37)17-20-8-6-4-7-9-20)33-36(26)19-21-11-13-22(14-12-21)24-18-29-16-15-23(24)27-31-34-35-32-27/h4,6-9,11-16,18H,2-3,5,10,17,19H2,1H3,(H,31,32,34,35). The number of tetrazole rings is 1. The van der Waals surface area contributed by atoms with E-state index in [9.17, 15) is 4.79 Å². The van der Waals surface area contributed by atoms with Crippen molar-refractivity contribution in [2.75, 3.05) is 0 Å². The predicted molar refractivity (Wildman–Crippen MR) is 140 cm³/mol. The Labute approximate surface area is 215 Å². The summed E-state index contributed by atoms with van der Waals surface area (Å²) in [4.78, 5) is 21.9. The fourth-order valence-corrected chi connectivity index (χ4v) is 4.26. The summed E-state index contributed by atoms with van der Waals surface area (Å²) in [5, 5.41) is 19.0. The third-order valence-electron chi connectivity index (χ3n) is 6.21. The molecule has 0 spiro atoms. The summed E-state index contributed by atoms with van der Waals surface area (Å²) >= 11 is 0. The number of aromatic amines is 1. The Morgan fingerprint density at radius 1 is 0.946 bits per heavy atom. The highest BCUT2D eigenvalue weighted by molar-refractivity contribution is 5.94. The van der Waals surface area contributed by atoms with E-state index in [2.05, 4.69) is 54.7 Å². The van der Waals surface area contributed by atoms with E-state index < -0.39 is 0 Å². The number of hydrogen-bond donors (Lipinski definition) is 1. The molecular formula is C28H28N8O. The van der Waals surface area contributed by atoms with Crippen LogP contribution in [0.1, 0.15) is 53.8 Å². The molecule has 0 amide bonds. The number of nitrogens with one attached hydrogen (secondary N) is 1. The van der Waals surface area contributed by atoms with Crippen LogP contribution in [-0.4, -0.2) is 46.2 Å². The van der Waals surface area contributed by atoms with Gasteiger partial charge in [0.1, 0.15) is 5.82 Å². The van der Waals surface area contributed by atoms with E-state index in [4.69, 9.17) is 0 Å². The number of aryl methyl sites for hydroxylation is 1. The van der Waals surface area contributed by atoms with Crippen LogP contribution >= 0.6 is 0 Å². The minimum Gasteiger partial charge on any atom is -0.290 e. The number of carbonyl (C=O) groups excluding carboxylic acids is 1. The van der Waals surface area contributed by atoms with E-state index in [1.165, 1.54) is 0 Å². The molecule has 0 atom stereocenters. The van der Waals surface area contributed by atoms with Crippen LogP contribution in [0, 0.1) is 0 Å². The van der Waals surface area contributed by atoms with Crippen LogP contribution in [0.5, 0.6) is 0 Å². The van der Waals surface area contributed by atoms with Gasteiger partial charge in [-0.3, -0.25) is 9.78 Å². The number of ketones is 1. The average molecular weight is 493 g/mol. The number of nitrogens with zero attached hydrogens (tertiary/aromatic N) is 7. The smallest absolute Gasteiger partial charge is 0.217 e. The fourth-order valence-electron chi connectivity index (χ4n) is 4.26. The highest BCUT2D eigenvalue weighted by atomic mass is 16.1. The Morgan fingerprint density at radius 3 is 2.54 bits per heavy atom. The van der Waals surface area contributed by atoms with Gasteiger partial charge in [-0.25, -0.2) is 9.67 Å². The lowest BCUT2D eigenvalue weighted by Gasteiger charge is -2.09. The Bertz CT molecular complexity index is 1440. The van der Waals surface area contributed by atoms with Gasteiger partial charge in [0.2, 0.25) is 17.4 Å². The largest absolute Gasteiger partial charge is 0.290 e. The van der Waals surface area contributed by atoms with Gasteiger partial charge in [0, 0.05) is 36.4 Å². The molecule has 3 heterocycles. The summed E-state index contributed by atoms with van der Waals surface area (Å²) in [6.07, 6.45) is 7.85. The molecule has 9 heteroatoms. The Morgan fingerprint density at radius 2 is 1.78 bits per heavy atom. The average Bonchev–Trinajstić information content (AvgIpc) is 3.61. The van der Waals surface area contributed by atoms with E-state index >= 15 is 0 Å². The van der Waals surface area contributed by atoms with Gasteiger partial charge >= 0.3 is 0 Å².